The first-order chi connectivity index (χ1) is 12.5. The minimum atomic E-state index is -0.327. The van der Waals surface area contributed by atoms with Crippen LogP contribution in [0.4, 0.5) is 11.4 Å². The molecule has 0 aromatic heterocycles. The van der Waals surface area contributed by atoms with E-state index in [9.17, 15) is 14.4 Å². The van der Waals surface area contributed by atoms with Crippen LogP contribution in [0.5, 0.6) is 0 Å². The molecule has 3 aliphatic rings. The van der Waals surface area contributed by atoms with E-state index in [4.69, 9.17) is 0 Å². The molecule has 1 atom stereocenters. The molecule has 1 saturated heterocycles. The maximum atomic E-state index is 13.1. The number of nitrogens with one attached hydrogen (secondary N) is 1. The number of benzene rings is 1. The summed E-state index contributed by atoms with van der Waals surface area (Å²) in [5.41, 5.74) is 1.41. The predicted molar refractivity (Wildman–Crippen MR) is 97.8 cm³/mol. The number of carbonyl (C=O) groups is 3. The molecule has 26 heavy (non-hydrogen) atoms. The maximum Gasteiger partial charge on any atom is 0.244 e. The van der Waals surface area contributed by atoms with Crippen molar-refractivity contribution in [1.29, 1.82) is 0 Å². The van der Waals surface area contributed by atoms with Crippen molar-refractivity contribution in [1.82, 2.24) is 9.80 Å². The number of fused-ring (bicyclic) bond motifs is 1. The lowest BCUT2D eigenvalue weighted by Crippen LogP contribution is -2.57. The molecular weight excluding hydrogens is 332 g/mol. The number of piperazine rings is 1. The second-order valence-electron chi connectivity index (χ2n) is 7.30. The second kappa shape index (κ2) is 6.72. The highest BCUT2D eigenvalue weighted by Crippen LogP contribution is 2.32. The lowest BCUT2D eigenvalue weighted by Gasteiger charge is -2.39. The molecule has 1 saturated carbocycles. The van der Waals surface area contributed by atoms with Gasteiger partial charge in [0.1, 0.15) is 6.54 Å². The van der Waals surface area contributed by atoms with Gasteiger partial charge in [-0.2, -0.15) is 0 Å². The topological polar surface area (TPSA) is 73.0 Å². The van der Waals surface area contributed by atoms with Crippen LogP contribution in [0.15, 0.2) is 24.3 Å². The Labute approximate surface area is 152 Å². The van der Waals surface area contributed by atoms with Gasteiger partial charge in [0, 0.05) is 32.1 Å². The van der Waals surface area contributed by atoms with Crippen LogP contribution in [0.2, 0.25) is 0 Å². The first kappa shape index (κ1) is 17.0. The predicted octanol–water partition coefficient (Wildman–Crippen LogP) is 0.914. The third-order valence-electron chi connectivity index (χ3n) is 5.49. The third-order valence-corrected chi connectivity index (χ3v) is 5.49. The molecule has 0 radical (unpaired) electrons. The maximum absolute atomic E-state index is 13.1. The Bertz CT molecular complexity index is 738. The van der Waals surface area contributed by atoms with Crippen LogP contribution < -0.4 is 10.2 Å². The van der Waals surface area contributed by atoms with E-state index in [0.717, 1.165) is 18.5 Å². The van der Waals surface area contributed by atoms with Gasteiger partial charge >= 0.3 is 0 Å². The van der Waals surface area contributed by atoms with Crippen molar-refractivity contribution in [3.05, 3.63) is 24.3 Å². The van der Waals surface area contributed by atoms with Crippen molar-refractivity contribution in [3.63, 3.8) is 0 Å². The van der Waals surface area contributed by atoms with Crippen molar-refractivity contribution < 1.29 is 14.4 Å². The van der Waals surface area contributed by atoms with Gasteiger partial charge in [0.25, 0.3) is 0 Å². The molecule has 2 aliphatic heterocycles. The summed E-state index contributed by atoms with van der Waals surface area (Å²) in [4.78, 5) is 42.8. The van der Waals surface area contributed by atoms with E-state index in [1.807, 2.05) is 30.0 Å². The Morgan fingerprint density at radius 1 is 1.12 bits per heavy atom. The molecule has 7 nitrogen and oxygen atoms in total. The molecule has 4 rings (SSSR count). The van der Waals surface area contributed by atoms with Crippen LogP contribution in [0.1, 0.15) is 19.8 Å². The minimum Gasteiger partial charge on any atom is -0.340 e. The van der Waals surface area contributed by atoms with Gasteiger partial charge < -0.3 is 10.2 Å². The quantitative estimate of drug-likeness (QED) is 0.874. The average Bonchev–Trinajstić information content (AvgIpc) is 3.51. The van der Waals surface area contributed by atoms with Gasteiger partial charge in [-0.25, -0.2) is 0 Å². The standard InChI is InChI=1S/C19H24N4O3/c1-13(21-8-10-22(11-9-21)19(26)14-6-7-14)18(25)23-12-17(24)20-15-4-2-3-5-16(15)23/h2-5,13-14H,6-12H2,1H3,(H,20,24). The fourth-order valence-electron chi connectivity index (χ4n) is 3.73. The number of para-hydroxylation sites is 2. The summed E-state index contributed by atoms with van der Waals surface area (Å²) < 4.78 is 0. The zero-order chi connectivity index (χ0) is 18.3. The Kier molecular flexibility index (Phi) is 4.40. The molecule has 0 bridgehead atoms. The molecule has 7 heteroatoms. The summed E-state index contributed by atoms with van der Waals surface area (Å²) in [7, 11) is 0. The van der Waals surface area contributed by atoms with Crippen LogP contribution in [-0.4, -0.2) is 66.3 Å². The number of nitrogens with zero attached hydrogens (tertiary/aromatic N) is 3. The average molecular weight is 356 g/mol. The van der Waals surface area contributed by atoms with Crippen LogP contribution in [-0.2, 0) is 14.4 Å². The number of hydrogen-bond donors (Lipinski definition) is 1. The molecule has 1 aliphatic carbocycles. The normalized spacial score (nSPS) is 21.8. The van der Waals surface area contributed by atoms with E-state index in [0.29, 0.717) is 31.9 Å². The first-order valence-electron chi connectivity index (χ1n) is 9.27. The monoisotopic (exact) mass is 356 g/mol. The Hall–Kier alpha value is -2.41. The molecule has 1 aromatic rings. The van der Waals surface area contributed by atoms with E-state index in [2.05, 4.69) is 10.2 Å². The fourth-order valence-corrected chi connectivity index (χ4v) is 3.73. The van der Waals surface area contributed by atoms with E-state index < -0.39 is 0 Å². The van der Waals surface area contributed by atoms with Gasteiger partial charge in [0.15, 0.2) is 0 Å². The molecule has 1 unspecified atom stereocenters. The van der Waals surface area contributed by atoms with Gasteiger partial charge in [0.05, 0.1) is 17.4 Å². The highest BCUT2D eigenvalue weighted by atomic mass is 16.2. The van der Waals surface area contributed by atoms with Crippen molar-refractivity contribution in [3.8, 4) is 0 Å². The van der Waals surface area contributed by atoms with Crippen LogP contribution in [0.3, 0.4) is 0 Å². The van der Waals surface area contributed by atoms with Crippen LogP contribution >= 0.6 is 0 Å². The summed E-state index contributed by atoms with van der Waals surface area (Å²) in [5.74, 6) is 0.257. The lowest BCUT2D eigenvalue weighted by atomic mass is 10.1. The summed E-state index contributed by atoms with van der Waals surface area (Å²) in [6.45, 7) is 4.64. The Morgan fingerprint density at radius 2 is 1.81 bits per heavy atom. The summed E-state index contributed by atoms with van der Waals surface area (Å²) in [5, 5.41) is 2.81. The molecule has 1 N–H and O–H groups in total. The lowest BCUT2D eigenvalue weighted by molar-refractivity contribution is -0.135. The van der Waals surface area contributed by atoms with E-state index >= 15 is 0 Å². The number of rotatable bonds is 3. The van der Waals surface area contributed by atoms with Crippen molar-refractivity contribution in [2.45, 2.75) is 25.8 Å². The molecule has 2 fully saturated rings. The summed E-state index contributed by atoms with van der Waals surface area (Å²) >= 11 is 0. The summed E-state index contributed by atoms with van der Waals surface area (Å²) in [6.07, 6.45) is 2.04. The smallest absolute Gasteiger partial charge is 0.244 e. The SMILES string of the molecule is CC(C(=O)N1CC(=O)Nc2ccccc21)N1CCN(C(=O)C2CC2)CC1. The molecule has 0 spiro atoms. The van der Waals surface area contributed by atoms with Crippen molar-refractivity contribution in [2.75, 3.05) is 42.9 Å². The molecule has 2 heterocycles. The van der Waals surface area contributed by atoms with Gasteiger partial charge in [-0.15, -0.1) is 0 Å². The minimum absolute atomic E-state index is 0.0420. The number of hydrogen-bond acceptors (Lipinski definition) is 4. The fraction of sp³-hybridized carbons (Fsp3) is 0.526. The van der Waals surface area contributed by atoms with Crippen molar-refractivity contribution >= 4 is 29.1 Å². The van der Waals surface area contributed by atoms with Crippen LogP contribution in [0.25, 0.3) is 0 Å². The van der Waals surface area contributed by atoms with Gasteiger partial charge in [-0.05, 0) is 31.9 Å². The third kappa shape index (κ3) is 3.19. The molecule has 3 amide bonds. The Morgan fingerprint density at radius 3 is 2.50 bits per heavy atom. The second-order valence-corrected chi connectivity index (χ2v) is 7.30. The highest BCUT2D eigenvalue weighted by molar-refractivity contribution is 6.11. The number of carbonyl (C=O) groups excluding carboxylic acids is 3. The van der Waals surface area contributed by atoms with Gasteiger partial charge in [0.2, 0.25) is 17.7 Å². The molecular formula is C19H24N4O3. The largest absolute Gasteiger partial charge is 0.340 e. The molecule has 138 valence electrons. The van der Waals surface area contributed by atoms with E-state index in [-0.39, 0.29) is 36.2 Å². The van der Waals surface area contributed by atoms with Crippen molar-refractivity contribution in [2.24, 2.45) is 5.92 Å². The highest BCUT2D eigenvalue weighted by Gasteiger charge is 2.37. The zero-order valence-corrected chi connectivity index (χ0v) is 15.0. The zero-order valence-electron chi connectivity index (χ0n) is 15.0. The molecule has 1 aromatic carbocycles. The first-order valence-corrected chi connectivity index (χ1v) is 9.27. The van der Waals surface area contributed by atoms with Crippen LogP contribution in [0, 0.1) is 5.92 Å². The van der Waals surface area contributed by atoms with E-state index in [1.165, 1.54) is 0 Å². The Balaban J connectivity index is 1.42. The van der Waals surface area contributed by atoms with Gasteiger partial charge in [-0.1, -0.05) is 12.1 Å². The van der Waals surface area contributed by atoms with Gasteiger partial charge in [-0.3, -0.25) is 24.2 Å². The number of anilines is 2. The summed E-state index contributed by atoms with van der Waals surface area (Å²) in [6, 6.07) is 7.04. The van der Waals surface area contributed by atoms with E-state index in [1.54, 1.807) is 11.0 Å². The number of amides is 3.